The molecule has 0 spiro atoms. The summed E-state index contributed by atoms with van der Waals surface area (Å²) in [7, 11) is 0. The molecule has 1 saturated carbocycles. The van der Waals surface area contributed by atoms with Crippen LogP contribution in [0.4, 0.5) is 5.69 Å². The molecule has 1 atom stereocenters. The van der Waals surface area contributed by atoms with Gasteiger partial charge in [0.1, 0.15) is 0 Å². The van der Waals surface area contributed by atoms with Crippen LogP contribution in [0.15, 0.2) is 18.5 Å². The Hall–Kier alpha value is -1.09. The molecule has 1 aromatic rings. The summed E-state index contributed by atoms with van der Waals surface area (Å²) in [5, 5.41) is 0. The molecule has 3 nitrogen and oxygen atoms in total. The number of nitrogen functional groups attached to an aromatic ring is 1. The molecule has 0 bridgehead atoms. The smallest absolute Gasteiger partial charge is 0.0378 e. The molecule has 1 aliphatic rings. The summed E-state index contributed by atoms with van der Waals surface area (Å²) in [5.74, 6) is 0.657. The highest BCUT2D eigenvalue weighted by Gasteiger charge is 2.19. The minimum Gasteiger partial charge on any atom is -0.398 e. The number of hydrogen-bond acceptors (Lipinski definition) is 3. The second kappa shape index (κ2) is 6.74. The lowest BCUT2D eigenvalue weighted by atomic mass is 9.84. The molecule has 4 N–H and O–H groups in total. The van der Waals surface area contributed by atoms with Gasteiger partial charge in [0.25, 0.3) is 0 Å². The molecule has 2 rings (SSSR count). The Labute approximate surface area is 110 Å². The molecule has 0 aromatic carbocycles. The molecule has 0 aliphatic heterocycles. The first-order valence-electron chi connectivity index (χ1n) is 7.21. The minimum atomic E-state index is 0.231. The molecule has 3 heteroatoms. The van der Waals surface area contributed by atoms with E-state index in [1.54, 1.807) is 6.20 Å². The maximum atomic E-state index is 6.39. The molecule has 0 amide bonds. The fourth-order valence-corrected chi connectivity index (χ4v) is 2.94. The molecule has 1 fully saturated rings. The summed E-state index contributed by atoms with van der Waals surface area (Å²) in [4.78, 5) is 4.14. The molecule has 0 saturated heterocycles. The van der Waals surface area contributed by atoms with Crippen molar-refractivity contribution >= 4 is 5.69 Å². The summed E-state index contributed by atoms with van der Waals surface area (Å²) in [5.41, 5.74) is 14.3. The highest BCUT2D eigenvalue weighted by atomic mass is 14.7. The third-order valence-corrected chi connectivity index (χ3v) is 4.15. The van der Waals surface area contributed by atoms with E-state index in [2.05, 4.69) is 4.98 Å². The number of anilines is 1. The van der Waals surface area contributed by atoms with E-state index >= 15 is 0 Å². The van der Waals surface area contributed by atoms with E-state index in [0.29, 0.717) is 5.92 Å². The van der Waals surface area contributed by atoms with E-state index in [1.807, 2.05) is 12.3 Å². The lowest BCUT2D eigenvalue weighted by molar-refractivity contribution is 0.322. The lowest BCUT2D eigenvalue weighted by Gasteiger charge is -2.26. The van der Waals surface area contributed by atoms with Crippen LogP contribution in [0.1, 0.15) is 50.5 Å². The Kier molecular flexibility index (Phi) is 5.00. The number of nitrogens with zero attached hydrogens (tertiary/aromatic N) is 1. The molecule has 1 aliphatic carbocycles. The fraction of sp³-hybridized carbons (Fsp3) is 0.667. The maximum absolute atomic E-state index is 6.39. The van der Waals surface area contributed by atoms with E-state index in [9.17, 15) is 0 Å². The average molecular weight is 247 g/mol. The molecule has 1 unspecified atom stereocenters. The summed E-state index contributed by atoms with van der Waals surface area (Å²) < 4.78 is 0. The topological polar surface area (TPSA) is 64.9 Å². The number of nitrogens with two attached hydrogens (primary N) is 2. The molecule has 1 heterocycles. The predicted octanol–water partition coefficient (Wildman–Crippen LogP) is 2.89. The lowest BCUT2D eigenvalue weighted by Crippen LogP contribution is -2.33. The molecule has 100 valence electrons. The monoisotopic (exact) mass is 247 g/mol. The summed E-state index contributed by atoms with van der Waals surface area (Å²) >= 11 is 0. The first-order valence-corrected chi connectivity index (χ1v) is 7.21. The van der Waals surface area contributed by atoms with Crippen molar-refractivity contribution in [1.82, 2.24) is 4.98 Å². The standard InChI is InChI=1S/C15H25N3/c16-14-8-9-18-11-13(14)10-15(17)12-6-4-2-1-3-5-7-12/h8-9,11-12,15H,1-7,10,17H2,(H2,16,18). The van der Waals surface area contributed by atoms with Gasteiger partial charge in [-0.3, -0.25) is 4.98 Å². The van der Waals surface area contributed by atoms with Gasteiger partial charge < -0.3 is 11.5 Å². The van der Waals surface area contributed by atoms with Crippen LogP contribution in [0.2, 0.25) is 0 Å². The zero-order chi connectivity index (χ0) is 12.8. The Balaban J connectivity index is 1.93. The van der Waals surface area contributed by atoms with Crippen LogP contribution in [0, 0.1) is 5.92 Å². The van der Waals surface area contributed by atoms with Gasteiger partial charge >= 0.3 is 0 Å². The third-order valence-electron chi connectivity index (χ3n) is 4.15. The molecule has 1 aromatic heterocycles. The van der Waals surface area contributed by atoms with Crippen LogP contribution in [0.3, 0.4) is 0 Å². The van der Waals surface area contributed by atoms with Crippen LogP contribution in [-0.4, -0.2) is 11.0 Å². The van der Waals surface area contributed by atoms with Crippen LogP contribution in [0.5, 0.6) is 0 Å². The zero-order valence-corrected chi connectivity index (χ0v) is 11.1. The predicted molar refractivity (Wildman–Crippen MR) is 76.1 cm³/mol. The van der Waals surface area contributed by atoms with Gasteiger partial charge in [0, 0.05) is 24.1 Å². The van der Waals surface area contributed by atoms with Gasteiger partial charge in [0.2, 0.25) is 0 Å². The Morgan fingerprint density at radius 1 is 1.17 bits per heavy atom. The van der Waals surface area contributed by atoms with Crippen molar-refractivity contribution in [3.8, 4) is 0 Å². The van der Waals surface area contributed by atoms with Crippen LogP contribution in [-0.2, 0) is 6.42 Å². The van der Waals surface area contributed by atoms with Crippen molar-refractivity contribution in [2.75, 3.05) is 5.73 Å². The Bertz CT molecular complexity index is 357. The van der Waals surface area contributed by atoms with Crippen molar-refractivity contribution < 1.29 is 0 Å². The van der Waals surface area contributed by atoms with Crippen molar-refractivity contribution in [2.45, 2.75) is 57.4 Å². The van der Waals surface area contributed by atoms with Gasteiger partial charge in [-0.1, -0.05) is 32.1 Å². The van der Waals surface area contributed by atoms with Crippen molar-refractivity contribution in [2.24, 2.45) is 11.7 Å². The second-order valence-corrected chi connectivity index (χ2v) is 5.55. The van der Waals surface area contributed by atoms with Crippen molar-refractivity contribution in [3.05, 3.63) is 24.0 Å². The number of hydrogen-bond donors (Lipinski definition) is 2. The van der Waals surface area contributed by atoms with Crippen LogP contribution in [0.25, 0.3) is 0 Å². The van der Waals surface area contributed by atoms with Gasteiger partial charge in [-0.2, -0.15) is 0 Å². The largest absolute Gasteiger partial charge is 0.398 e. The number of rotatable bonds is 3. The first kappa shape index (κ1) is 13.3. The average Bonchev–Trinajstić information content (AvgIpc) is 2.31. The van der Waals surface area contributed by atoms with E-state index in [1.165, 1.54) is 44.9 Å². The van der Waals surface area contributed by atoms with Gasteiger partial charge in [0.15, 0.2) is 0 Å². The summed E-state index contributed by atoms with van der Waals surface area (Å²) in [6.07, 6.45) is 13.8. The Morgan fingerprint density at radius 2 is 1.83 bits per heavy atom. The number of pyridine rings is 1. The molecule has 18 heavy (non-hydrogen) atoms. The highest BCUT2D eigenvalue weighted by molar-refractivity contribution is 5.44. The molecular weight excluding hydrogens is 222 g/mol. The normalized spacial score (nSPS) is 20.1. The van der Waals surface area contributed by atoms with Gasteiger partial charge in [-0.25, -0.2) is 0 Å². The Morgan fingerprint density at radius 3 is 2.50 bits per heavy atom. The quantitative estimate of drug-likeness (QED) is 0.863. The molecular formula is C15H25N3. The molecule has 0 radical (unpaired) electrons. The first-order chi connectivity index (χ1) is 8.77. The van der Waals surface area contributed by atoms with Gasteiger partial charge in [-0.05, 0) is 36.8 Å². The van der Waals surface area contributed by atoms with Crippen molar-refractivity contribution in [1.29, 1.82) is 0 Å². The van der Waals surface area contributed by atoms with Crippen LogP contribution < -0.4 is 11.5 Å². The van der Waals surface area contributed by atoms with Crippen LogP contribution >= 0.6 is 0 Å². The number of aromatic nitrogens is 1. The van der Waals surface area contributed by atoms with Crippen molar-refractivity contribution in [3.63, 3.8) is 0 Å². The van der Waals surface area contributed by atoms with E-state index in [-0.39, 0.29) is 6.04 Å². The second-order valence-electron chi connectivity index (χ2n) is 5.55. The van der Waals surface area contributed by atoms with Gasteiger partial charge in [0.05, 0.1) is 0 Å². The zero-order valence-electron chi connectivity index (χ0n) is 11.1. The van der Waals surface area contributed by atoms with Gasteiger partial charge in [-0.15, -0.1) is 0 Å². The van der Waals surface area contributed by atoms with E-state index < -0.39 is 0 Å². The summed E-state index contributed by atoms with van der Waals surface area (Å²) in [6, 6.07) is 2.09. The SMILES string of the molecule is Nc1ccncc1CC(N)C1CCCCCCC1. The van der Waals surface area contributed by atoms with E-state index in [4.69, 9.17) is 11.5 Å². The summed E-state index contributed by atoms with van der Waals surface area (Å²) in [6.45, 7) is 0. The maximum Gasteiger partial charge on any atom is 0.0378 e. The fourth-order valence-electron chi connectivity index (χ4n) is 2.94. The van der Waals surface area contributed by atoms with E-state index in [0.717, 1.165) is 17.7 Å². The third kappa shape index (κ3) is 3.70. The highest BCUT2D eigenvalue weighted by Crippen LogP contribution is 2.26. The minimum absolute atomic E-state index is 0.231.